The lowest BCUT2D eigenvalue weighted by molar-refractivity contribution is -0.132. The van der Waals surface area contributed by atoms with Crippen LogP contribution in [-0.2, 0) is 9.59 Å². The number of rotatable bonds is 0. The molecule has 2 amide bonds. The van der Waals surface area contributed by atoms with E-state index < -0.39 is 0 Å². The van der Waals surface area contributed by atoms with Gasteiger partial charge in [0.25, 0.3) is 0 Å². The second-order valence-electron chi connectivity index (χ2n) is 2.98. The summed E-state index contributed by atoms with van der Waals surface area (Å²) in [5.74, 6) is -0.275. The smallest absolute Gasteiger partial charge is 0.226 e. The summed E-state index contributed by atoms with van der Waals surface area (Å²) >= 11 is 0. The molecule has 0 radical (unpaired) electrons. The molecular weight excluding hydrogens is 178 g/mol. The number of benzene rings is 1. The molecule has 1 aliphatic heterocycles. The minimum Gasteiger partial charge on any atom is -0.296 e. The van der Waals surface area contributed by atoms with Crippen LogP contribution < -0.4 is 5.32 Å². The highest BCUT2D eigenvalue weighted by Crippen LogP contribution is 2.00. The van der Waals surface area contributed by atoms with Crippen molar-refractivity contribution in [3.63, 3.8) is 0 Å². The number of carbonyl (C=O) groups excluding carboxylic acids is 2. The Kier molecular flexibility index (Phi) is 4.41. The van der Waals surface area contributed by atoms with Crippen LogP contribution in [0.4, 0.5) is 0 Å². The number of imide groups is 1. The molecule has 1 N–H and O–H groups in total. The fraction of sp³-hybridized carbons (Fsp3) is 0.273. The van der Waals surface area contributed by atoms with E-state index in [1.807, 2.05) is 36.4 Å². The van der Waals surface area contributed by atoms with E-state index in [1.165, 1.54) is 0 Å². The third kappa shape index (κ3) is 4.40. The van der Waals surface area contributed by atoms with Crippen molar-refractivity contribution in [3.8, 4) is 0 Å². The van der Waals surface area contributed by atoms with Gasteiger partial charge in [0.15, 0.2) is 0 Å². The van der Waals surface area contributed by atoms with Gasteiger partial charge in [-0.25, -0.2) is 0 Å². The van der Waals surface area contributed by atoms with Crippen LogP contribution in [0, 0.1) is 0 Å². The molecule has 74 valence electrons. The second-order valence-corrected chi connectivity index (χ2v) is 2.98. The van der Waals surface area contributed by atoms with Gasteiger partial charge in [0.2, 0.25) is 11.8 Å². The molecular formula is C11H13NO2. The molecule has 2 rings (SSSR count). The Balaban J connectivity index is 0.000000146. The maximum absolute atomic E-state index is 10.3. The van der Waals surface area contributed by atoms with Gasteiger partial charge in [-0.3, -0.25) is 14.9 Å². The quantitative estimate of drug-likeness (QED) is 0.632. The van der Waals surface area contributed by atoms with Gasteiger partial charge in [-0.2, -0.15) is 0 Å². The Morgan fingerprint density at radius 2 is 1.14 bits per heavy atom. The SMILES string of the molecule is O=C1CCCC(=O)N1.c1ccccc1. The normalized spacial score (nSPS) is 15.1. The fourth-order valence-corrected chi connectivity index (χ4v) is 1.07. The first-order chi connectivity index (χ1) is 6.79. The van der Waals surface area contributed by atoms with Crippen LogP contribution in [0.15, 0.2) is 36.4 Å². The van der Waals surface area contributed by atoms with E-state index in [1.54, 1.807) is 0 Å². The Morgan fingerprint density at radius 1 is 0.786 bits per heavy atom. The average Bonchev–Trinajstić information content (AvgIpc) is 2.21. The summed E-state index contributed by atoms with van der Waals surface area (Å²) < 4.78 is 0. The van der Waals surface area contributed by atoms with Crippen LogP contribution in [0.25, 0.3) is 0 Å². The zero-order chi connectivity index (χ0) is 10.2. The molecule has 1 aromatic rings. The van der Waals surface area contributed by atoms with Gasteiger partial charge in [-0.05, 0) is 6.42 Å². The molecule has 1 aromatic carbocycles. The second kappa shape index (κ2) is 5.91. The maximum Gasteiger partial charge on any atom is 0.226 e. The molecule has 0 aromatic heterocycles. The fourth-order valence-electron chi connectivity index (χ4n) is 1.07. The minimum absolute atomic E-state index is 0.138. The van der Waals surface area contributed by atoms with Crippen molar-refractivity contribution in [3.05, 3.63) is 36.4 Å². The summed E-state index contributed by atoms with van der Waals surface area (Å²) in [6, 6.07) is 12.0. The summed E-state index contributed by atoms with van der Waals surface area (Å²) in [5, 5.41) is 2.20. The summed E-state index contributed by atoms with van der Waals surface area (Å²) in [4.78, 5) is 20.7. The van der Waals surface area contributed by atoms with E-state index >= 15 is 0 Å². The van der Waals surface area contributed by atoms with Gasteiger partial charge in [-0.1, -0.05) is 36.4 Å². The van der Waals surface area contributed by atoms with Crippen molar-refractivity contribution < 1.29 is 9.59 Å². The predicted octanol–water partition coefficient (Wildman–Crippen LogP) is 1.50. The van der Waals surface area contributed by atoms with Crippen LogP contribution in [0.1, 0.15) is 19.3 Å². The van der Waals surface area contributed by atoms with Crippen LogP contribution >= 0.6 is 0 Å². The zero-order valence-corrected chi connectivity index (χ0v) is 7.90. The van der Waals surface area contributed by atoms with Crippen LogP contribution in [-0.4, -0.2) is 11.8 Å². The van der Waals surface area contributed by atoms with Crippen molar-refractivity contribution in [1.29, 1.82) is 0 Å². The lowest BCUT2D eigenvalue weighted by Gasteiger charge is -2.07. The van der Waals surface area contributed by atoms with Crippen LogP contribution in [0.3, 0.4) is 0 Å². The van der Waals surface area contributed by atoms with Gasteiger partial charge in [0.1, 0.15) is 0 Å². The molecule has 0 aliphatic carbocycles. The highest BCUT2D eigenvalue weighted by molar-refractivity contribution is 5.97. The van der Waals surface area contributed by atoms with Crippen LogP contribution in [0.2, 0.25) is 0 Å². The highest BCUT2D eigenvalue weighted by atomic mass is 16.2. The van der Waals surface area contributed by atoms with E-state index in [9.17, 15) is 9.59 Å². The van der Waals surface area contributed by atoms with Gasteiger partial charge < -0.3 is 0 Å². The molecule has 3 heteroatoms. The Hall–Kier alpha value is -1.64. The van der Waals surface area contributed by atoms with Crippen molar-refractivity contribution in [2.45, 2.75) is 19.3 Å². The summed E-state index contributed by atoms with van der Waals surface area (Å²) in [6.45, 7) is 0. The van der Waals surface area contributed by atoms with Gasteiger partial charge >= 0.3 is 0 Å². The predicted molar refractivity (Wildman–Crippen MR) is 53.4 cm³/mol. The van der Waals surface area contributed by atoms with Gasteiger partial charge in [0.05, 0.1) is 0 Å². The molecule has 1 heterocycles. The lowest BCUT2D eigenvalue weighted by Crippen LogP contribution is -2.33. The first-order valence-electron chi connectivity index (χ1n) is 4.62. The number of carbonyl (C=O) groups is 2. The largest absolute Gasteiger partial charge is 0.296 e. The van der Waals surface area contributed by atoms with E-state index in [4.69, 9.17) is 0 Å². The van der Waals surface area contributed by atoms with Gasteiger partial charge in [-0.15, -0.1) is 0 Å². The number of hydrogen-bond donors (Lipinski definition) is 1. The lowest BCUT2D eigenvalue weighted by atomic mass is 10.1. The molecule has 0 saturated carbocycles. The monoisotopic (exact) mass is 191 g/mol. The Morgan fingerprint density at radius 3 is 1.36 bits per heavy atom. The minimum atomic E-state index is -0.138. The molecule has 0 spiro atoms. The highest BCUT2D eigenvalue weighted by Gasteiger charge is 2.12. The molecule has 0 unspecified atom stereocenters. The molecule has 1 aliphatic rings. The molecule has 0 bridgehead atoms. The van der Waals surface area contributed by atoms with E-state index in [-0.39, 0.29) is 11.8 Å². The van der Waals surface area contributed by atoms with E-state index in [2.05, 4.69) is 5.32 Å². The first kappa shape index (κ1) is 10.4. The topological polar surface area (TPSA) is 46.2 Å². The van der Waals surface area contributed by atoms with Crippen molar-refractivity contribution in [2.75, 3.05) is 0 Å². The average molecular weight is 191 g/mol. The number of hydrogen-bond acceptors (Lipinski definition) is 2. The molecule has 3 nitrogen and oxygen atoms in total. The number of piperidine rings is 1. The summed E-state index contributed by atoms with van der Waals surface area (Å²) in [7, 11) is 0. The van der Waals surface area contributed by atoms with E-state index in [0.717, 1.165) is 0 Å². The van der Waals surface area contributed by atoms with Crippen LogP contribution in [0.5, 0.6) is 0 Å². The number of nitrogens with one attached hydrogen (secondary N) is 1. The molecule has 1 fully saturated rings. The third-order valence-electron chi connectivity index (χ3n) is 1.75. The van der Waals surface area contributed by atoms with Crippen molar-refractivity contribution in [1.82, 2.24) is 5.32 Å². The Bertz CT molecular complexity index is 255. The third-order valence-corrected chi connectivity index (χ3v) is 1.75. The maximum atomic E-state index is 10.3. The first-order valence-corrected chi connectivity index (χ1v) is 4.62. The number of amides is 2. The molecule has 14 heavy (non-hydrogen) atoms. The zero-order valence-electron chi connectivity index (χ0n) is 7.90. The Labute approximate surface area is 83.1 Å². The van der Waals surface area contributed by atoms with E-state index in [0.29, 0.717) is 19.3 Å². The molecule has 0 atom stereocenters. The summed E-state index contributed by atoms with van der Waals surface area (Å²) in [5.41, 5.74) is 0. The van der Waals surface area contributed by atoms with Gasteiger partial charge in [0, 0.05) is 12.8 Å². The molecule has 1 saturated heterocycles. The standard InChI is InChI=1S/C6H6.C5H7NO2/c1-2-4-6-5-3-1;7-4-2-1-3-5(8)6-4/h1-6H;1-3H2,(H,6,7,8). The van der Waals surface area contributed by atoms with Crippen molar-refractivity contribution in [2.24, 2.45) is 0 Å². The van der Waals surface area contributed by atoms with Crippen molar-refractivity contribution >= 4 is 11.8 Å². The summed E-state index contributed by atoms with van der Waals surface area (Å²) in [6.07, 6.45) is 1.72.